The highest BCUT2D eigenvalue weighted by Gasteiger charge is 2.43. The number of aliphatic carboxylic acids is 1. The van der Waals surface area contributed by atoms with E-state index in [4.69, 9.17) is 4.74 Å². The van der Waals surface area contributed by atoms with Gasteiger partial charge in [-0.3, -0.25) is 4.79 Å². The van der Waals surface area contributed by atoms with Gasteiger partial charge in [0.15, 0.2) is 6.04 Å². The van der Waals surface area contributed by atoms with Crippen molar-refractivity contribution < 1.29 is 24.2 Å². The molecule has 1 unspecified atom stereocenters. The second-order valence-electron chi connectivity index (χ2n) is 6.77. The standard InChI is InChI=1S/C20H27N3O5/c1-2-12-28-14-16(17(24)25)22-18(26)20(10-6-7-11-20)23-19(27)21-13-15-8-4-3-5-9-15/h2-5,8-9,16H,1,6-7,10-14H2,(H,22,26)(H,24,25)(H2,21,23,27). The number of carbonyl (C=O) groups excluding carboxylic acids is 2. The molecule has 0 heterocycles. The van der Waals surface area contributed by atoms with Crippen LogP contribution in [0.4, 0.5) is 4.79 Å². The molecule has 0 spiro atoms. The Morgan fingerprint density at radius 3 is 2.50 bits per heavy atom. The molecule has 1 saturated carbocycles. The lowest BCUT2D eigenvalue weighted by atomic mass is 9.96. The molecule has 152 valence electrons. The van der Waals surface area contributed by atoms with Gasteiger partial charge in [0, 0.05) is 6.54 Å². The first kappa shape index (κ1) is 21.4. The second kappa shape index (κ2) is 10.5. The number of hydrogen-bond acceptors (Lipinski definition) is 4. The number of ether oxygens (including phenoxy) is 1. The number of carboxylic acid groups (broad SMARTS) is 1. The highest BCUT2D eigenvalue weighted by atomic mass is 16.5. The number of hydrogen-bond donors (Lipinski definition) is 4. The van der Waals surface area contributed by atoms with Crippen LogP contribution in [0.5, 0.6) is 0 Å². The molecular formula is C20H27N3O5. The van der Waals surface area contributed by atoms with Crippen molar-refractivity contribution >= 4 is 17.9 Å². The molecule has 0 saturated heterocycles. The number of urea groups is 1. The fourth-order valence-electron chi connectivity index (χ4n) is 3.17. The van der Waals surface area contributed by atoms with Crippen LogP contribution in [0.25, 0.3) is 0 Å². The predicted octanol–water partition coefficient (Wildman–Crippen LogP) is 1.57. The maximum absolute atomic E-state index is 12.8. The van der Waals surface area contributed by atoms with Crippen LogP contribution in [0.2, 0.25) is 0 Å². The zero-order valence-corrected chi connectivity index (χ0v) is 15.8. The van der Waals surface area contributed by atoms with Gasteiger partial charge in [-0.15, -0.1) is 6.58 Å². The lowest BCUT2D eigenvalue weighted by molar-refractivity contribution is -0.144. The van der Waals surface area contributed by atoms with E-state index in [0.717, 1.165) is 18.4 Å². The molecule has 1 aliphatic carbocycles. The largest absolute Gasteiger partial charge is 0.480 e. The zero-order valence-electron chi connectivity index (χ0n) is 15.8. The van der Waals surface area contributed by atoms with E-state index >= 15 is 0 Å². The lowest BCUT2D eigenvalue weighted by Gasteiger charge is -2.30. The van der Waals surface area contributed by atoms with E-state index < -0.39 is 29.5 Å². The Bertz CT molecular complexity index is 686. The van der Waals surface area contributed by atoms with Crippen LogP contribution in [0, 0.1) is 0 Å². The van der Waals surface area contributed by atoms with Crippen molar-refractivity contribution in [2.24, 2.45) is 0 Å². The number of carboxylic acids is 1. The number of benzene rings is 1. The van der Waals surface area contributed by atoms with Gasteiger partial charge in [-0.1, -0.05) is 49.2 Å². The molecule has 1 atom stereocenters. The minimum absolute atomic E-state index is 0.177. The summed E-state index contributed by atoms with van der Waals surface area (Å²) in [6.07, 6.45) is 3.96. The SMILES string of the molecule is C=CCOCC(NC(=O)C1(NC(=O)NCc2ccccc2)CCCC1)C(=O)O. The van der Waals surface area contributed by atoms with Crippen molar-refractivity contribution in [1.29, 1.82) is 0 Å². The molecule has 0 bridgehead atoms. The van der Waals surface area contributed by atoms with Gasteiger partial charge >= 0.3 is 12.0 Å². The molecular weight excluding hydrogens is 362 g/mol. The smallest absolute Gasteiger partial charge is 0.328 e. The molecule has 8 heteroatoms. The van der Waals surface area contributed by atoms with Crippen molar-refractivity contribution in [1.82, 2.24) is 16.0 Å². The van der Waals surface area contributed by atoms with Crippen LogP contribution in [-0.4, -0.2) is 47.8 Å². The number of nitrogens with one attached hydrogen (secondary N) is 3. The van der Waals surface area contributed by atoms with Crippen molar-refractivity contribution in [2.45, 2.75) is 43.8 Å². The predicted molar refractivity (Wildman–Crippen MR) is 104 cm³/mol. The lowest BCUT2D eigenvalue weighted by Crippen LogP contribution is -2.61. The number of rotatable bonds is 10. The first-order chi connectivity index (χ1) is 13.5. The Hall–Kier alpha value is -2.87. The Kier molecular flexibility index (Phi) is 8.01. The third-order valence-corrected chi connectivity index (χ3v) is 4.66. The molecule has 1 aliphatic rings. The molecule has 0 aliphatic heterocycles. The molecule has 4 N–H and O–H groups in total. The van der Waals surface area contributed by atoms with Crippen LogP contribution < -0.4 is 16.0 Å². The van der Waals surface area contributed by atoms with E-state index in [1.54, 1.807) is 0 Å². The topological polar surface area (TPSA) is 117 Å². The third-order valence-electron chi connectivity index (χ3n) is 4.66. The fraction of sp³-hybridized carbons (Fsp3) is 0.450. The Labute approximate surface area is 164 Å². The highest BCUT2D eigenvalue weighted by molar-refractivity contribution is 5.93. The Balaban J connectivity index is 1.96. The van der Waals surface area contributed by atoms with E-state index in [1.165, 1.54) is 6.08 Å². The van der Waals surface area contributed by atoms with Crippen molar-refractivity contribution in [3.63, 3.8) is 0 Å². The van der Waals surface area contributed by atoms with Gasteiger partial charge in [0.25, 0.3) is 0 Å². The maximum Gasteiger partial charge on any atom is 0.328 e. The van der Waals surface area contributed by atoms with Crippen LogP contribution in [-0.2, 0) is 20.9 Å². The van der Waals surface area contributed by atoms with E-state index in [0.29, 0.717) is 19.4 Å². The minimum atomic E-state index is -1.20. The van der Waals surface area contributed by atoms with Gasteiger partial charge in [0.1, 0.15) is 5.54 Å². The van der Waals surface area contributed by atoms with Crippen molar-refractivity contribution in [3.8, 4) is 0 Å². The molecule has 1 aromatic carbocycles. The molecule has 1 aromatic rings. The monoisotopic (exact) mass is 389 g/mol. The molecule has 28 heavy (non-hydrogen) atoms. The van der Waals surface area contributed by atoms with Crippen molar-refractivity contribution in [3.05, 3.63) is 48.6 Å². The van der Waals surface area contributed by atoms with Gasteiger partial charge in [-0.25, -0.2) is 9.59 Å². The van der Waals surface area contributed by atoms with Crippen molar-refractivity contribution in [2.75, 3.05) is 13.2 Å². The molecule has 1 fully saturated rings. The van der Waals surface area contributed by atoms with Gasteiger partial charge in [0.05, 0.1) is 13.2 Å². The summed E-state index contributed by atoms with van der Waals surface area (Å²) in [5.41, 5.74) is -0.180. The third kappa shape index (κ3) is 6.09. The van der Waals surface area contributed by atoms with E-state index in [-0.39, 0.29) is 13.2 Å². The normalized spacial score (nSPS) is 16.0. The van der Waals surface area contributed by atoms with Gasteiger partial charge in [-0.05, 0) is 18.4 Å². The summed E-state index contributed by atoms with van der Waals surface area (Å²) in [6, 6.07) is 7.76. The first-order valence-electron chi connectivity index (χ1n) is 9.29. The van der Waals surface area contributed by atoms with E-state index in [9.17, 15) is 19.5 Å². The Morgan fingerprint density at radius 1 is 1.21 bits per heavy atom. The Morgan fingerprint density at radius 2 is 1.89 bits per heavy atom. The molecule has 0 aromatic heterocycles. The minimum Gasteiger partial charge on any atom is -0.480 e. The average Bonchev–Trinajstić information content (AvgIpc) is 3.16. The van der Waals surface area contributed by atoms with Crippen LogP contribution in [0.1, 0.15) is 31.2 Å². The van der Waals surface area contributed by atoms with Crippen LogP contribution in [0.3, 0.4) is 0 Å². The van der Waals surface area contributed by atoms with Crippen LogP contribution in [0.15, 0.2) is 43.0 Å². The van der Waals surface area contributed by atoms with Gasteiger partial charge in [-0.2, -0.15) is 0 Å². The molecule has 2 rings (SSSR count). The molecule has 8 nitrogen and oxygen atoms in total. The summed E-state index contributed by atoms with van der Waals surface area (Å²) >= 11 is 0. The summed E-state index contributed by atoms with van der Waals surface area (Å²) in [6.45, 7) is 3.83. The first-order valence-corrected chi connectivity index (χ1v) is 9.29. The fourth-order valence-corrected chi connectivity index (χ4v) is 3.17. The number of carbonyl (C=O) groups is 3. The van der Waals surface area contributed by atoms with E-state index in [2.05, 4.69) is 22.5 Å². The maximum atomic E-state index is 12.8. The van der Waals surface area contributed by atoms with Gasteiger partial charge < -0.3 is 25.8 Å². The summed E-state index contributed by atoms with van der Waals surface area (Å²) in [5, 5.41) is 17.3. The summed E-state index contributed by atoms with van der Waals surface area (Å²) in [7, 11) is 0. The summed E-state index contributed by atoms with van der Waals surface area (Å²) in [4.78, 5) is 36.6. The molecule has 3 amide bonds. The molecule has 0 radical (unpaired) electrons. The average molecular weight is 389 g/mol. The summed E-state index contributed by atoms with van der Waals surface area (Å²) in [5.74, 6) is -1.70. The van der Waals surface area contributed by atoms with Crippen LogP contribution >= 0.6 is 0 Å². The second-order valence-corrected chi connectivity index (χ2v) is 6.77. The highest BCUT2D eigenvalue weighted by Crippen LogP contribution is 2.30. The van der Waals surface area contributed by atoms with Gasteiger partial charge in [0.2, 0.25) is 5.91 Å². The van der Waals surface area contributed by atoms with E-state index in [1.807, 2.05) is 30.3 Å². The quantitative estimate of drug-likeness (QED) is 0.358. The zero-order chi connectivity index (χ0) is 20.4. The summed E-state index contributed by atoms with van der Waals surface area (Å²) < 4.78 is 5.16. The number of amides is 3.